The van der Waals surface area contributed by atoms with Crippen LogP contribution in [0.25, 0.3) is 0 Å². The normalized spacial score (nSPS) is 10.5. The molecule has 0 spiro atoms. The van der Waals surface area contributed by atoms with E-state index in [1.54, 1.807) is 48.5 Å². The van der Waals surface area contributed by atoms with E-state index in [-0.39, 0.29) is 25.0 Å². The molecule has 0 aliphatic carbocycles. The lowest BCUT2D eigenvalue weighted by Crippen LogP contribution is -2.20. The van der Waals surface area contributed by atoms with Crippen LogP contribution in [0, 0.1) is 27.7 Å². The van der Waals surface area contributed by atoms with Crippen LogP contribution in [0.4, 0.5) is 11.4 Å². The first kappa shape index (κ1) is 27.3. The van der Waals surface area contributed by atoms with Crippen molar-refractivity contribution in [3.63, 3.8) is 0 Å². The second kappa shape index (κ2) is 12.6. The number of nitrogens with one attached hydrogen (secondary N) is 2. The van der Waals surface area contributed by atoms with Gasteiger partial charge in [0.1, 0.15) is 23.0 Å². The predicted molar refractivity (Wildman–Crippen MR) is 153 cm³/mol. The van der Waals surface area contributed by atoms with Crippen molar-refractivity contribution < 1.29 is 23.8 Å². The topological polar surface area (TPSA) is 85.9 Å². The van der Waals surface area contributed by atoms with Gasteiger partial charge in [-0.15, -0.1) is 0 Å². The highest BCUT2D eigenvalue weighted by Crippen LogP contribution is 2.25. The molecule has 0 aliphatic heterocycles. The second-order valence-corrected chi connectivity index (χ2v) is 9.36. The Balaban J connectivity index is 1.22. The van der Waals surface area contributed by atoms with E-state index in [0.29, 0.717) is 34.4 Å². The van der Waals surface area contributed by atoms with Crippen molar-refractivity contribution in [2.45, 2.75) is 27.7 Å². The molecule has 7 heteroatoms. The van der Waals surface area contributed by atoms with Gasteiger partial charge in [0.15, 0.2) is 13.2 Å². The number of aryl methyl sites for hydroxylation is 4. The van der Waals surface area contributed by atoms with Crippen LogP contribution < -0.4 is 24.8 Å². The molecule has 0 fully saturated rings. The van der Waals surface area contributed by atoms with Crippen molar-refractivity contribution in [2.75, 3.05) is 23.8 Å². The zero-order valence-electron chi connectivity index (χ0n) is 22.5. The molecule has 200 valence electrons. The van der Waals surface area contributed by atoms with E-state index < -0.39 is 0 Å². The van der Waals surface area contributed by atoms with Gasteiger partial charge in [-0.25, -0.2) is 0 Å². The number of hydrogen-bond donors (Lipinski definition) is 2. The first-order chi connectivity index (χ1) is 18.7. The third kappa shape index (κ3) is 8.10. The number of hydrogen-bond acceptors (Lipinski definition) is 5. The van der Waals surface area contributed by atoms with Gasteiger partial charge in [0, 0.05) is 11.4 Å². The number of benzene rings is 4. The Morgan fingerprint density at radius 2 is 0.949 bits per heavy atom. The SMILES string of the molecule is Cc1ccc(OCC(=O)Nc2ccc(Oc3ccc(NC(=O)COc4ccc(C)cc4C)cc3)cc2)c(C)c1. The van der Waals surface area contributed by atoms with Gasteiger partial charge in [-0.2, -0.15) is 0 Å². The standard InChI is InChI=1S/C32H32N2O5/c1-21-5-15-29(23(3)17-21)37-19-31(35)33-25-7-11-27(12-8-25)39-28-13-9-26(10-14-28)34-32(36)20-38-30-16-6-22(2)18-24(30)4/h5-18H,19-20H2,1-4H3,(H,33,35)(H,34,36). The molecule has 0 radical (unpaired) electrons. The predicted octanol–water partition coefficient (Wildman–Crippen LogP) is 6.75. The van der Waals surface area contributed by atoms with Crippen LogP contribution in [0.2, 0.25) is 0 Å². The van der Waals surface area contributed by atoms with Gasteiger partial charge in [0.05, 0.1) is 0 Å². The van der Waals surface area contributed by atoms with Crippen molar-refractivity contribution >= 4 is 23.2 Å². The van der Waals surface area contributed by atoms with Crippen molar-refractivity contribution in [3.05, 3.63) is 107 Å². The van der Waals surface area contributed by atoms with E-state index >= 15 is 0 Å². The molecular formula is C32H32N2O5. The van der Waals surface area contributed by atoms with Gasteiger partial charge in [-0.1, -0.05) is 35.4 Å². The van der Waals surface area contributed by atoms with Crippen LogP contribution in [0.3, 0.4) is 0 Å². The average molecular weight is 525 g/mol. The molecule has 4 aromatic carbocycles. The molecule has 0 saturated heterocycles. The maximum Gasteiger partial charge on any atom is 0.262 e. The molecule has 0 aromatic heterocycles. The summed E-state index contributed by atoms with van der Waals surface area (Å²) in [5.74, 6) is 2.10. The Labute approximate surface area is 228 Å². The molecule has 0 unspecified atom stereocenters. The summed E-state index contributed by atoms with van der Waals surface area (Å²) in [5, 5.41) is 5.63. The van der Waals surface area contributed by atoms with Crippen molar-refractivity contribution in [3.8, 4) is 23.0 Å². The smallest absolute Gasteiger partial charge is 0.262 e. The minimum atomic E-state index is -0.249. The van der Waals surface area contributed by atoms with E-state index in [2.05, 4.69) is 10.6 Å². The minimum Gasteiger partial charge on any atom is -0.483 e. The lowest BCUT2D eigenvalue weighted by atomic mass is 10.1. The third-order valence-electron chi connectivity index (χ3n) is 5.89. The zero-order chi connectivity index (χ0) is 27.8. The molecule has 2 amide bonds. The monoisotopic (exact) mass is 524 g/mol. The quantitative estimate of drug-likeness (QED) is 0.240. The Kier molecular flexibility index (Phi) is 8.84. The molecule has 2 N–H and O–H groups in total. The number of amides is 2. The highest BCUT2D eigenvalue weighted by atomic mass is 16.5. The largest absolute Gasteiger partial charge is 0.483 e. The maximum atomic E-state index is 12.3. The molecule has 0 saturated carbocycles. The van der Waals surface area contributed by atoms with Crippen molar-refractivity contribution in [2.24, 2.45) is 0 Å². The molecule has 0 aliphatic rings. The number of rotatable bonds is 10. The van der Waals surface area contributed by atoms with Gasteiger partial charge in [-0.3, -0.25) is 9.59 Å². The number of carbonyl (C=O) groups is 2. The molecule has 39 heavy (non-hydrogen) atoms. The summed E-state index contributed by atoms with van der Waals surface area (Å²) in [7, 11) is 0. The second-order valence-electron chi connectivity index (χ2n) is 9.36. The minimum absolute atomic E-state index is 0.0806. The van der Waals surface area contributed by atoms with Crippen LogP contribution >= 0.6 is 0 Å². The number of carbonyl (C=O) groups excluding carboxylic acids is 2. The molecule has 4 rings (SSSR count). The summed E-state index contributed by atoms with van der Waals surface area (Å²) < 4.78 is 17.1. The van der Waals surface area contributed by atoms with E-state index in [1.165, 1.54) is 0 Å². The van der Waals surface area contributed by atoms with E-state index in [9.17, 15) is 9.59 Å². The molecular weight excluding hydrogens is 492 g/mol. The fourth-order valence-electron chi connectivity index (χ4n) is 3.95. The first-order valence-corrected chi connectivity index (χ1v) is 12.6. The number of anilines is 2. The van der Waals surface area contributed by atoms with Gasteiger partial charge in [0.25, 0.3) is 11.8 Å². The summed E-state index contributed by atoms with van der Waals surface area (Å²) >= 11 is 0. The fraction of sp³-hybridized carbons (Fsp3) is 0.188. The third-order valence-corrected chi connectivity index (χ3v) is 5.89. The van der Waals surface area contributed by atoms with E-state index in [0.717, 1.165) is 22.3 Å². The highest BCUT2D eigenvalue weighted by Gasteiger charge is 2.08. The van der Waals surface area contributed by atoms with Crippen molar-refractivity contribution in [1.82, 2.24) is 0 Å². The summed E-state index contributed by atoms with van der Waals surface area (Å²) in [4.78, 5) is 24.6. The summed E-state index contributed by atoms with van der Waals surface area (Å²) in [5.41, 5.74) is 5.53. The Morgan fingerprint density at radius 3 is 1.31 bits per heavy atom. The fourth-order valence-corrected chi connectivity index (χ4v) is 3.95. The van der Waals surface area contributed by atoms with Crippen LogP contribution in [-0.4, -0.2) is 25.0 Å². The summed E-state index contributed by atoms with van der Waals surface area (Å²) in [6, 6.07) is 25.8. The van der Waals surface area contributed by atoms with Gasteiger partial charge >= 0.3 is 0 Å². The maximum absolute atomic E-state index is 12.3. The molecule has 0 heterocycles. The number of ether oxygens (including phenoxy) is 3. The van der Waals surface area contributed by atoms with Gasteiger partial charge in [-0.05, 0) is 99.5 Å². The molecule has 0 bridgehead atoms. The van der Waals surface area contributed by atoms with Crippen LogP contribution in [0.5, 0.6) is 23.0 Å². The Morgan fingerprint density at radius 1 is 0.564 bits per heavy atom. The van der Waals surface area contributed by atoms with E-state index in [1.807, 2.05) is 64.1 Å². The van der Waals surface area contributed by atoms with Crippen LogP contribution in [0.15, 0.2) is 84.9 Å². The van der Waals surface area contributed by atoms with Gasteiger partial charge in [0.2, 0.25) is 0 Å². The molecule has 0 atom stereocenters. The first-order valence-electron chi connectivity index (χ1n) is 12.6. The summed E-state index contributed by atoms with van der Waals surface area (Å²) in [6.45, 7) is 7.76. The van der Waals surface area contributed by atoms with Crippen molar-refractivity contribution in [1.29, 1.82) is 0 Å². The van der Waals surface area contributed by atoms with Crippen LogP contribution in [-0.2, 0) is 9.59 Å². The van der Waals surface area contributed by atoms with Crippen LogP contribution in [0.1, 0.15) is 22.3 Å². The summed E-state index contributed by atoms with van der Waals surface area (Å²) in [6.07, 6.45) is 0. The highest BCUT2D eigenvalue weighted by molar-refractivity contribution is 5.92. The lowest BCUT2D eigenvalue weighted by molar-refractivity contribution is -0.118. The molecule has 4 aromatic rings. The molecule has 7 nitrogen and oxygen atoms in total. The lowest BCUT2D eigenvalue weighted by Gasteiger charge is -2.11. The zero-order valence-corrected chi connectivity index (χ0v) is 22.5. The Bertz CT molecular complexity index is 1340. The average Bonchev–Trinajstić information content (AvgIpc) is 2.90. The Hall–Kier alpha value is -4.78. The van der Waals surface area contributed by atoms with Gasteiger partial charge < -0.3 is 24.8 Å². The van der Waals surface area contributed by atoms with E-state index in [4.69, 9.17) is 14.2 Å².